The molecule has 112 valence electrons. The number of methoxy groups -OCH3 is 1. The summed E-state index contributed by atoms with van der Waals surface area (Å²) in [6.45, 7) is 0.114. The van der Waals surface area contributed by atoms with Crippen molar-refractivity contribution in [1.82, 2.24) is 9.29 Å². The first-order chi connectivity index (χ1) is 9.92. The number of aryl methyl sites for hydroxylation is 1. The Bertz CT molecular complexity index is 779. The number of sulfonamides is 1. The molecule has 2 rings (SSSR count). The quantitative estimate of drug-likeness (QED) is 0.889. The predicted molar refractivity (Wildman–Crippen MR) is 78.7 cm³/mol. The Balaban J connectivity index is 2.13. The minimum atomic E-state index is -3.60. The van der Waals surface area contributed by atoms with Gasteiger partial charge in [0.2, 0.25) is 15.6 Å². The third-order valence-electron chi connectivity index (χ3n) is 2.98. The monoisotopic (exact) mass is 308 g/mol. The largest absolute Gasteiger partial charge is 0.497 e. The number of pyridine rings is 1. The molecule has 0 saturated heterocycles. The number of nitrogens with one attached hydrogen (secondary N) is 1. The van der Waals surface area contributed by atoms with E-state index in [0.29, 0.717) is 11.3 Å². The van der Waals surface area contributed by atoms with Gasteiger partial charge in [-0.15, -0.1) is 0 Å². The Kier molecular flexibility index (Phi) is 4.44. The first-order valence-corrected chi connectivity index (χ1v) is 7.70. The van der Waals surface area contributed by atoms with Crippen LogP contribution in [0.5, 0.6) is 5.75 Å². The third-order valence-corrected chi connectivity index (χ3v) is 4.40. The number of hydrogen-bond donors (Lipinski definition) is 1. The van der Waals surface area contributed by atoms with Gasteiger partial charge in [0.1, 0.15) is 5.75 Å². The average Bonchev–Trinajstić information content (AvgIpc) is 2.48. The summed E-state index contributed by atoms with van der Waals surface area (Å²) in [5.74, 6) is 0.590. The van der Waals surface area contributed by atoms with Crippen LogP contribution in [0.25, 0.3) is 0 Å². The van der Waals surface area contributed by atoms with Gasteiger partial charge in [-0.2, -0.15) is 0 Å². The highest BCUT2D eigenvalue weighted by Gasteiger charge is 2.13. The summed E-state index contributed by atoms with van der Waals surface area (Å²) in [5, 5.41) is 0. The number of nitrogens with zero attached hydrogens (tertiary/aromatic N) is 1. The van der Waals surface area contributed by atoms with Crippen molar-refractivity contribution in [3.63, 3.8) is 0 Å². The second kappa shape index (κ2) is 6.11. The van der Waals surface area contributed by atoms with E-state index in [2.05, 4.69) is 4.72 Å². The third kappa shape index (κ3) is 3.71. The van der Waals surface area contributed by atoms with Crippen LogP contribution in [0.1, 0.15) is 5.56 Å². The lowest BCUT2D eigenvalue weighted by Gasteiger charge is -2.08. The molecule has 21 heavy (non-hydrogen) atoms. The van der Waals surface area contributed by atoms with Crippen LogP contribution >= 0.6 is 0 Å². The van der Waals surface area contributed by atoms with Gasteiger partial charge < -0.3 is 9.30 Å². The number of rotatable bonds is 5. The van der Waals surface area contributed by atoms with Crippen LogP contribution in [0.4, 0.5) is 0 Å². The van der Waals surface area contributed by atoms with E-state index in [4.69, 9.17) is 4.74 Å². The molecule has 0 aliphatic carbocycles. The number of aromatic nitrogens is 1. The summed E-state index contributed by atoms with van der Waals surface area (Å²) in [5.41, 5.74) is 0.561. The van der Waals surface area contributed by atoms with E-state index in [1.54, 1.807) is 31.4 Å². The van der Waals surface area contributed by atoms with E-state index in [-0.39, 0.29) is 17.0 Å². The molecule has 1 heterocycles. The van der Waals surface area contributed by atoms with Crippen LogP contribution in [0, 0.1) is 0 Å². The first kappa shape index (κ1) is 15.3. The molecule has 1 aromatic heterocycles. The van der Waals surface area contributed by atoms with Gasteiger partial charge in [0.15, 0.2) is 0 Å². The Hall–Kier alpha value is -2.12. The van der Waals surface area contributed by atoms with Crippen LogP contribution in [-0.2, 0) is 23.6 Å². The van der Waals surface area contributed by atoms with Gasteiger partial charge >= 0.3 is 0 Å². The molecule has 0 unspecified atom stereocenters. The molecule has 2 aromatic rings. The van der Waals surface area contributed by atoms with Crippen molar-refractivity contribution in [3.05, 3.63) is 58.5 Å². The van der Waals surface area contributed by atoms with Gasteiger partial charge in [-0.05, 0) is 29.8 Å². The van der Waals surface area contributed by atoms with Crippen molar-refractivity contribution in [2.45, 2.75) is 11.4 Å². The zero-order chi connectivity index (χ0) is 15.5. The first-order valence-electron chi connectivity index (χ1n) is 6.21. The zero-order valence-corrected chi connectivity index (χ0v) is 12.6. The molecule has 0 radical (unpaired) electrons. The second-order valence-corrected chi connectivity index (χ2v) is 6.25. The maximum absolute atomic E-state index is 12.1. The van der Waals surface area contributed by atoms with Crippen molar-refractivity contribution in [1.29, 1.82) is 0 Å². The van der Waals surface area contributed by atoms with Crippen LogP contribution < -0.4 is 15.0 Å². The fourth-order valence-electron chi connectivity index (χ4n) is 1.77. The summed E-state index contributed by atoms with van der Waals surface area (Å²) in [6, 6.07) is 9.11. The molecule has 0 spiro atoms. The van der Waals surface area contributed by atoms with Gasteiger partial charge in [-0.3, -0.25) is 4.79 Å². The molecule has 0 aliphatic rings. The van der Waals surface area contributed by atoms with E-state index in [9.17, 15) is 13.2 Å². The maximum atomic E-state index is 12.1. The van der Waals surface area contributed by atoms with Crippen LogP contribution in [0.2, 0.25) is 0 Å². The molecule has 7 heteroatoms. The summed E-state index contributed by atoms with van der Waals surface area (Å²) >= 11 is 0. The van der Waals surface area contributed by atoms with Crippen molar-refractivity contribution in [3.8, 4) is 5.75 Å². The lowest BCUT2D eigenvalue weighted by molar-refractivity contribution is 0.414. The molecule has 1 N–H and O–H groups in total. The number of hydrogen-bond acceptors (Lipinski definition) is 4. The van der Waals surface area contributed by atoms with Gasteiger partial charge in [0.25, 0.3) is 0 Å². The van der Waals surface area contributed by atoms with Crippen molar-refractivity contribution in [2.75, 3.05) is 7.11 Å². The van der Waals surface area contributed by atoms with E-state index < -0.39 is 10.0 Å². The van der Waals surface area contributed by atoms with Crippen molar-refractivity contribution < 1.29 is 13.2 Å². The molecular formula is C14H16N2O4S. The fraction of sp³-hybridized carbons (Fsp3) is 0.214. The molecule has 0 saturated carbocycles. The van der Waals surface area contributed by atoms with Gasteiger partial charge in [-0.25, -0.2) is 13.1 Å². The van der Waals surface area contributed by atoms with Gasteiger partial charge in [0, 0.05) is 25.9 Å². The van der Waals surface area contributed by atoms with Crippen LogP contribution in [0.3, 0.4) is 0 Å². The highest BCUT2D eigenvalue weighted by Crippen LogP contribution is 2.15. The van der Waals surface area contributed by atoms with E-state index in [0.717, 1.165) is 0 Å². The minimum Gasteiger partial charge on any atom is -0.497 e. The minimum absolute atomic E-state index is 0.114. The van der Waals surface area contributed by atoms with E-state index >= 15 is 0 Å². The molecule has 1 aromatic carbocycles. The van der Waals surface area contributed by atoms with Crippen LogP contribution in [0.15, 0.2) is 52.3 Å². The number of benzene rings is 1. The highest BCUT2D eigenvalue weighted by atomic mass is 32.2. The predicted octanol–water partition coefficient (Wildman–Crippen LogP) is 0.872. The van der Waals surface area contributed by atoms with E-state index in [1.165, 1.54) is 29.9 Å². The molecule has 0 bridgehead atoms. The molecule has 0 fully saturated rings. The average molecular weight is 308 g/mol. The summed E-state index contributed by atoms with van der Waals surface area (Å²) in [7, 11) is -0.469. The fourth-order valence-corrected chi connectivity index (χ4v) is 2.79. The number of ether oxygens (including phenoxy) is 1. The zero-order valence-electron chi connectivity index (χ0n) is 11.7. The Morgan fingerprint density at radius 2 is 1.81 bits per heavy atom. The summed E-state index contributed by atoms with van der Waals surface area (Å²) in [4.78, 5) is 11.4. The Morgan fingerprint density at radius 3 is 2.38 bits per heavy atom. The Morgan fingerprint density at radius 1 is 1.14 bits per heavy atom. The SMILES string of the molecule is COc1ccc(S(=O)(=O)NCc2ccc(=O)n(C)c2)cc1. The second-order valence-electron chi connectivity index (χ2n) is 4.49. The topological polar surface area (TPSA) is 77.4 Å². The summed E-state index contributed by atoms with van der Waals surface area (Å²) in [6.07, 6.45) is 1.60. The Labute approximate surface area is 123 Å². The normalized spacial score (nSPS) is 11.3. The van der Waals surface area contributed by atoms with Crippen LogP contribution in [-0.4, -0.2) is 20.1 Å². The van der Waals surface area contributed by atoms with Gasteiger partial charge in [0.05, 0.1) is 12.0 Å². The molecule has 0 amide bonds. The molecule has 0 aliphatic heterocycles. The molecular weight excluding hydrogens is 292 g/mol. The smallest absolute Gasteiger partial charge is 0.250 e. The van der Waals surface area contributed by atoms with Crippen molar-refractivity contribution >= 4 is 10.0 Å². The van der Waals surface area contributed by atoms with Crippen molar-refractivity contribution in [2.24, 2.45) is 7.05 Å². The maximum Gasteiger partial charge on any atom is 0.250 e. The lowest BCUT2D eigenvalue weighted by Crippen LogP contribution is -2.24. The highest BCUT2D eigenvalue weighted by molar-refractivity contribution is 7.89. The standard InChI is InChI=1S/C14H16N2O4S/c1-16-10-11(3-8-14(16)17)9-15-21(18,19)13-6-4-12(20-2)5-7-13/h3-8,10,15H,9H2,1-2H3. The summed E-state index contributed by atoms with van der Waals surface area (Å²) < 4.78 is 33.2. The van der Waals surface area contributed by atoms with E-state index in [1.807, 2.05) is 0 Å². The lowest BCUT2D eigenvalue weighted by atomic mass is 10.3. The molecule has 0 atom stereocenters. The molecule has 6 nitrogen and oxygen atoms in total. The van der Waals surface area contributed by atoms with Gasteiger partial charge in [-0.1, -0.05) is 6.07 Å².